The fraction of sp³-hybridized carbons (Fsp3) is 0.400. The molecule has 0 radical (unpaired) electrons. The first-order chi connectivity index (χ1) is 6.38. The minimum atomic E-state index is -0.237. The Morgan fingerprint density at radius 3 is 1.93 bits per heavy atom. The van der Waals surface area contributed by atoms with Crippen molar-refractivity contribution < 1.29 is 0 Å². The molecule has 0 atom stereocenters. The van der Waals surface area contributed by atoms with E-state index in [1.165, 1.54) is 0 Å². The fourth-order valence-electron chi connectivity index (χ4n) is 1.29. The number of hydrogen-bond donors (Lipinski definition) is 1. The Morgan fingerprint density at radius 1 is 1.14 bits per heavy atom. The molecule has 0 aromatic heterocycles. The molecule has 0 aliphatic heterocycles. The third kappa shape index (κ3) is 2.34. The Hall–Kier alpha value is 0.0500. The summed E-state index contributed by atoms with van der Waals surface area (Å²) in [6.45, 7) is 4.47. The molecule has 1 aromatic carbocycles. The third-order valence-electron chi connectivity index (χ3n) is 2.19. The lowest BCUT2D eigenvalue weighted by molar-refractivity contribution is 0.539. The van der Waals surface area contributed by atoms with E-state index in [2.05, 4.69) is 0 Å². The van der Waals surface area contributed by atoms with Crippen molar-refractivity contribution in [1.29, 1.82) is 0 Å². The molecular weight excluding hydrogens is 240 g/mol. The van der Waals surface area contributed by atoms with Crippen LogP contribution in [0.4, 0.5) is 0 Å². The second-order valence-corrected chi connectivity index (χ2v) is 5.08. The zero-order valence-electron chi connectivity index (χ0n) is 8.07. The lowest BCUT2D eigenvalue weighted by atomic mass is 9.85. The molecule has 4 heteroatoms. The highest BCUT2D eigenvalue weighted by Crippen LogP contribution is 2.37. The van der Waals surface area contributed by atoms with E-state index >= 15 is 0 Å². The summed E-state index contributed by atoms with van der Waals surface area (Å²) in [5.74, 6) is 0. The predicted molar refractivity (Wildman–Crippen MR) is 63.6 cm³/mol. The molecular formula is C10H12Cl3N. The van der Waals surface area contributed by atoms with Gasteiger partial charge in [0.15, 0.2) is 0 Å². The molecule has 0 heterocycles. The first-order valence-corrected chi connectivity index (χ1v) is 5.37. The molecule has 0 unspecified atom stereocenters. The average molecular weight is 253 g/mol. The van der Waals surface area contributed by atoms with Crippen LogP contribution in [0.25, 0.3) is 0 Å². The summed E-state index contributed by atoms with van der Waals surface area (Å²) in [5.41, 5.74) is 6.28. The number of hydrogen-bond acceptors (Lipinski definition) is 1. The summed E-state index contributed by atoms with van der Waals surface area (Å²) in [4.78, 5) is 0. The topological polar surface area (TPSA) is 26.0 Å². The maximum atomic E-state index is 6.07. The molecule has 78 valence electrons. The average Bonchev–Trinajstić information content (AvgIpc) is 2.01. The van der Waals surface area contributed by atoms with Gasteiger partial charge in [-0.3, -0.25) is 0 Å². The van der Waals surface area contributed by atoms with Crippen LogP contribution in [0.2, 0.25) is 15.1 Å². The molecule has 14 heavy (non-hydrogen) atoms. The zero-order chi connectivity index (χ0) is 10.9. The minimum absolute atomic E-state index is 0.237. The second-order valence-electron chi connectivity index (χ2n) is 3.83. The van der Waals surface area contributed by atoms with Gasteiger partial charge < -0.3 is 5.73 Å². The zero-order valence-corrected chi connectivity index (χ0v) is 10.3. The van der Waals surface area contributed by atoms with Gasteiger partial charge in [0.05, 0.1) is 0 Å². The molecule has 0 saturated heterocycles. The van der Waals surface area contributed by atoms with Gasteiger partial charge in [-0.15, -0.1) is 0 Å². The molecule has 0 saturated carbocycles. The molecule has 1 aromatic rings. The summed E-state index contributed by atoms with van der Waals surface area (Å²) in [6.07, 6.45) is 0. The number of nitrogens with two attached hydrogens (primary N) is 1. The predicted octanol–water partition coefficient (Wildman–Crippen LogP) is 3.88. The van der Waals surface area contributed by atoms with Gasteiger partial charge in [-0.05, 0) is 17.7 Å². The molecule has 2 N–H and O–H groups in total. The van der Waals surface area contributed by atoms with E-state index in [9.17, 15) is 0 Å². The molecule has 0 aliphatic carbocycles. The molecule has 0 bridgehead atoms. The maximum absolute atomic E-state index is 6.07. The van der Waals surface area contributed by atoms with Crippen molar-refractivity contribution >= 4 is 34.8 Å². The van der Waals surface area contributed by atoms with Crippen LogP contribution in [0.3, 0.4) is 0 Å². The van der Waals surface area contributed by atoms with E-state index in [1.807, 2.05) is 13.8 Å². The molecule has 0 amide bonds. The molecule has 0 spiro atoms. The Bertz CT molecular complexity index is 324. The van der Waals surface area contributed by atoms with Crippen LogP contribution in [-0.2, 0) is 5.41 Å². The smallest absolute Gasteiger partial charge is 0.0473 e. The maximum Gasteiger partial charge on any atom is 0.0473 e. The highest BCUT2D eigenvalue weighted by molar-refractivity contribution is 6.39. The van der Waals surface area contributed by atoms with E-state index in [0.29, 0.717) is 21.6 Å². The lowest BCUT2D eigenvalue weighted by Gasteiger charge is -2.25. The second kappa shape index (κ2) is 4.28. The van der Waals surface area contributed by atoms with E-state index in [-0.39, 0.29) is 5.41 Å². The van der Waals surface area contributed by atoms with E-state index in [0.717, 1.165) is 5.56 Å². The Balaban J connectivity index is 3.35. The molecule has 0 aliphatic rings. The molecule has 1 nitrogen and oxygen atoms in total. The van der Waals surface area contributed by atoms with Crippen LogP contribution >= 0.6 is 34.8 Å². The third-order valence-corrected chi connectivity index (χ3v) is 3.01. The van der Waals surface area contributed by atoms with Crippen molar-refractivity contribution in [2.75, 3.05) is 6.54 Å². The van der Waals surface area contributed by atoms with Crippen LogP contribution in [-0.4, -0.2) is 6.54 Å². The minimum Gasteiger partial charge on any atom is -0.330 e. The molecule has 1 rings (SSSR count). The van der Waals surface area contributed by atoms with Crippen LogP contribution in [0.1, 0.15) is 19.4 Å². The van der Waals surface area contributed by atoms with Crippen molar-refractivity contribution in [2.24, 2.45) is 5.73 Å². The quantitative estimate of drug-likeness (QED) is 0.849. The summed E-state index contributed by atoms with van der Waals surface area (Å²) in [6, 6.07) is 3.36. The van der Waals surface area contributed by atoms with E-state index < -0.39 is 0 Å². The van der Waals surface area contributed by atoms with Crippen molar-refractivity contribution in [2.45, 2.75) is 19.3 Å². The summed E-state index contributed by atoms with van der Waals surface area (Å²) in [5, 5.41) is 1.67. The van der Waals surface area contributed by atoms with Gasteiger partial charge >= 0.3 is 0 Å². The van der Waals surface area contributed by atoms with Crippen molar-refractivity contribution in [3.63, 3.8) is 0 Å². The van der Waals surface area contributed by atoms with E-state index in [1.54, 1.807) is 12.1 Å². The molecule has 0 fully saturated rings. The summed E-state index contributed by atoms with van der Waals surface area (Å²) in [7, 11) is 0. The van der Waals surface area contributed by atoms with Gasteiger partial charge in [-0.25, -0.2) is 0 Å². The first-order valence-electron chi connectivity index (χ1n) is 4.23. The van der Waals surface area contributed by atoms with Gasteiger partial charge in [0, 0.05) is 27.0 Å². The number of halogens is 3. The standard InChI is InChI=1S/C10H12Cl3N/c1-10(2,5-14)9-7(12)3-6(11)4-8(9)13/h3-4H,5,14H2,1-2H3. The lowest BCUT2D eigenvalue weighted by Crippen LogP contribution is -2.28. The van der Waals surface area contributed by atoms with Crippen LogP contribution in [0.5, 0.6) is 0 Å². The Morgan fingerprint density at radius 2 is 1.57 bits per heavy atom. The highest BCUT2D eigenvalue weighted by Gasteiger charge is 2.24. The van der Waals surface area contributed by atoms with Gasteiger partial charge in [0.25, 0.3) is 0 Å². The number of rotatable bonds is 2. The Labute approximate surface area is 99.1 Å². The Kier molecular flexibility index (Phi) is 3.70. The van der Waals surface area contributed by atoms with Gasteiger partial charge in [-0.1, -0.05) is 48.7 Å². The number of benzene rings is 1. The van der Waals surface area contributed by atoms with Crippen LogP contribution in [0, 0.1) is 0 Å². The summed E-state index contributed by atoms with van der Waals surface area (Å²) < 4.78 is 0. The highest BCUT2D eigenvalue weighted by atomic mass is 35.5. The van der Waals surface area contributed by atoms with Crippen molar-refractivity contribution in [3.8, 4) is 0 Å². The normalized spacial score (nSPS) is 11.9. The SMILES string of the molecule is CC(C)(CN)c1c(Cl)cc(Cl)cc1Cl. The van der Waals surface area contributed by atoms with Crippen molar-refractivity contribution in [3.05, 3.63) is 32.8 Å². The van der Waals surface area contributed by atoms with Crippen molar-refractivity contribution in [1.82, 2.24) is 0 Å². The van der Waals surface area contributed by atoms with Crippen LogP contribution in [0.15, 0.2) is 12.1 Å². The van der Waals surface area contributed by atoms with Crippen LogP contribution < -0.4 is 5.73 Å². The van der Waals surface area contributed by atoms with Gasteiger partial charge in [0.2, 0.25) is 0 Å². The fourth-order valence-corrected chi connectivity index (χ4v) is 2.62. The summed E-state index contributed by atoms with van der Waals surface area (Å²) >= 11 is 18.0. The largest absolute Gasteiger partial charge is 0.330 e. The first kappa shape index (κ1) is 12.1. The van der Waals surface area contributed by atoms with Gasteiger partial charge in [-0.2, -0.15) is 0 Å². The van der Waals surface area contributed by atoms with E-state index in [4.69, 9.17) is 40.5 Å². The monoisotopic (exact) mass is 251 g/mol. The van der Waals surface area contributed by atoms with Gasteiger partial charge in [0.1, 0.15) is 0 Å².